The van der Waals surface area contributed by atoms with Crippen LogP contribution in [-0.2, 0) is 0 Å². The number of nitro groups is 1. The molecule has 1 rings (SSSR count). The highest BCUT2D eigenvalue weighted by atomic mass is 24.3. The molecule has 0 saturated carbocycles. The van der Waals surface area contributed by atoms with Crippen LogP contribution >= 0.6 is 0 Å². The van der Waals surface area contributed by atoms with Gasteiger partial charge in [0.25, 0.3) is 0 Å². The third-order valence-electron chi connectivity index (χ3n) is 1.24. The highest BCUT2D eigenvalue weighted by Crippen LogP contribution is 2.30. The second-order valence-corrected chi connectivity index (χ2v) is 1.97. The summed E-state index contributed by atoms with van der Waals surface area (Å²) in [6.45, 7) is 0. The molecule has 0 amide bonds. The summed E-state index contributed by atoms with van der Waals surface area (Å²) in [5.74, 6) is -0.475. The summed E-state index contributed by atoms with van der Waals surface area (Å²) in [6.07, 6.45) is 0. The molecular weight excluding hydrogens is 172 g/mol. The first kappa shape index (κ1) is 11.0. The van der Waals surface area contributed by atoms with Crippen LogP contribution in [0.15, 0.2) is 18.2 Å². The molecule has 60 valence electrons. The highest BCUT2D eigenvalue weighted by Gasteiger charge is 2.13. The van der Waals surface area contributed by atoms with Crippen LogP contribution in [0.1, 0.15) is 0 Å². The van der Waals surface area contributed by atoms with Crippen LogP contribution in [0, 0.1) is 10.1 Å². The fraction of sp³-hybridized carbons (Fsp3) is 0. The Balaban J connectivity index is 0.00000121. The summed E-state index contributed by atoms with van der Waals surface area (Å²) in [7, 11) is 0. The van der Waals surface area contributed by atoms with E-state index in [1.165, 1.54) is 18.2 Å². The van der Waals surface area contributed by atoms with Crippen LogP contribution in [-0.4, -0.2) is 33.1 Å². The third kappa shape index (κ3) is 1.99. The number of nitrogens with zero attached hydrogens (tertiary/aromatic N) is 1. The van der Waals surface area contributed by atoms with E-state index in [1.54, 1.807) is 0 Å². The maximum atomic E-state index is 10.2. The summed E-state index contributed by atoms with van der Waals surface area (Å²) in [4.78, 5) is 9.48. The molecule has 0 aliphatic carbocycles. The molecule has 1 aromatic rings. The number of nitrogens with two attached hydrogens (primary N) is 1. The Labute approximate surface area is 84.5 Å². The van der Waals surface area contributed by atoms with Crippen molar-refractivity contribution in [2.24, 2.45) is 0 Å². The van der Waals surface area contributed by atoms with Crippen molar-refractivity contribution < 1.29 is 10.0 Å². The molecule has 0 atom stereocenters. The minimum Gasteiger partial charge on any atom is -0.501 e. The van der Waals surface area contributed by atoms with Crippen LogP contribution in [0.2, 0.25) is 0 Å². The summed E-state index contributed by atoms with van der Waals surface area (Å²) in [5.41, 5.74) is 4.85. The van der Waals surface area contributed by atoms with Crippen LogP contribution < -0.4 is 5.73 Å². The molecule has 0 aromatic heterocycles. The first-order valence-electron chi connectivity index (χ1n) is 2.85. The molecule has 0 fully saturated rings. The maximum absolute atomic E-state index is 10.2. The number of hydrogen-bond donors (Lipinski definition) is 2. The Bertz CT molecular complexity index is 303. The van der Waals surface area contributed by atoms with Crippen molar-refractivity contribution in [3.63, 3.8) is 0 Å². The number of anilines is 1. The molecule has 6 heteroatoms. The zero-order chi connectivity index (χ0) is 8.43. The van der Waals surface area contributed by atoms with Crippen molar-refractivity contribution in [1.29, 1.82) is 0 Å². The number of benzene rings is 1. The quantitative estimate of drug-likeness (QED) is 0.215. The minimum absolute atomic E-state index is 0. The minimum atomic E-state index is -0.689. The number of nitrogen functional groups attached to an aromatic ring is 1. The molecule has 0 spiro atoms. The second-order valence-electron chi connectivity index (χ2n) is 1.97. The van der Waals surface area contributed by atoms with Gasteiger partial charge >= 0.3 is 5.69 Å². The molecule has 0 heterocycles. The predicted octanol–water partition coefficient (Wildman–Crippen LogP) is 0.502. The van der Waals surface area contributed by atoms with Gasteiger partial charge in [0.2, 0.25) is 5.75 Å². The van der Waals surface area contributed by atoms with E-state index >= 15 is 0 Å². The average Bonchev–Trinajstić information content (AvgIpc) is 1.94. The third-order valence-corrected chi connectivity index (χ3v) is 1.24. The van der Waals surface area contributed by atoms with Gasteiger partial charge in [-0.15, -0.1) is 0 Å². The monoisotopic (exact) mass is 178 g/mol. The van der Waals surface area contributed by atoms with Gasteiger partial charge in [-0.25, -0.2) is 0 Å². The van der Waals surface area contributed by atoms with Crippen LogP contribution in [0.3, 0.4) is 0 Å². The standard InChI is InChI=1S/C6H6N2O3.Mg/c7-4-2-1-3-5(6(4)9)8(10)11;/h1-3,9H,7H2;. The van der Waals surface area contributed by atoms with Gasteiger partial charge in [0.1, 0.15) is 0 Å². The van der Waals surface area contributed by atoms with E-state index in [1.807, 2.05) is 0 Å². The summed E-state index contributed by atoms with van der Waals surface area (Å²) in [6, 6.07) is 3.99. The topological polar surface area (TPSA) is 89.4 Å². The fourth-order valence-electron chi connectivity index (χ4n) is 0.696. The zero-order valence-corrected chi connectivity index (χ0v) is 7.64. The molecule has 0 aliphatic heterocycles. The Morgan fingerprint density at radius 1 is 1.50 bits per heavy atom. The Hall–Kier alpha value is -1.01. The lowest BCUT2D eigenvalue weighted by Crippen LogP contribution is -1.91. The number of para-hydroxylation sites is 1. The lowest BCUT2D eigenvalue weighted by Gasteiger charge is -1.97. The van der Waals surface area contributed by atoms with Crippen molar-refractivity contribution in [3.8, 4) is 5.75 Å². The van der Waals surface area contributed by atoms with Crippen molar-refractivity contribution >= 4 is 34.4 Å². The van der Waals surface area contributed by atoms with E-state index in [-0.39, 0.29) is 34.4 Å². The molecule has 0 aliphatic rings. The SMILES string of the molecule is Nc1cccc([N+](=O)[O-])c1O.[Mg]. The first-order valence-corrected chi connectivity index (χ1v) is 2.85. The van der Waals surface area contributed by atoms with E-state index in [0.29, 0.717) is 0 Å². The molecule has 12 heavy (non-hydrogen) atoms. The largest absolute Gasteiger partial charge is 0.501 e. The number of rotatable bonds is 1. The van der Waals surface area contributed by atoms with Crippen molar-refractivity contribution in [2.75, 3.05) is 5.73 Å². The first-order chi connectivity index (χ1) is 5.13. The van der Waals surface area contributed by atoms with Gasteiger partial charge in [-0.1, -0.05) is 6.07 Å². The van der Waals surface area contributed by atoms with E-state index in [9.17, 15) is 10.1 Å². The van der Waals surface area contributed by atoms with E-state index in [0.717, 1.165) is 0 Å². The number of phenols is 1. The van der Waals surface area contributed by atoms with Gasteiger partial charge in [-0.05, 0) is 6.07 Å². The molecular formula is C6H6MgN2O3. The van der Waals surface area contributed by atoms with Gasteiger partial charge < -0.3 is 10.8 Å². The van der Waals surface area contributed by atoms with E-state index < -0.39 is 10.7 Å². The van der Waals surface area contributed by atoms with Crippen molar-refractivity contribution in [2.45, 2.75) is 0 Å². The van der Waals surface area contributed by atoms with Gasteiger partial charge in [-0.2, -0.15) is 0 Å². The Kier molecular flexibility index (Phi) is 3.77. The van der Waals surface area contributed by atoms with E-state index in [4.69, 9.17) is 10.8 Å². The van der Waals surface area contributed by atoms with Crippen LogP contribution in [0.4, 0.5) is 11.4 Å². The highest BCUT2D eigenvalue weighted by molar-refractivity contribution is 5.75. The summed E-state index contributed by atoms with van der Waals surface area (Å²) in [5, 5.41) is 19.2. The number of nitro benzene ring substituents is 1. The Morgan fingerprint density at radius 2 is 2.08 bits per heavy atom. The molecule has 3 N–H and O–H groups in total. The zero-order valence-electron chi connectivity index (χ0n) is 6.23. The molecule has 0 unspecified atom stereocenters. The predicted molar refractivity (Wildman–Crippen MR) is 44.9 cm³/mol. The number of hydrogen-bond acceptors (Lipinski definition) is 4. The molecule has 5 nitrogen and oxygen atoms in total. The smallest absolute Gasteiger partial charge is 0.312 e. The summed E-state index contributed by atoms with van der Waals surface area (Å²) >= 11 is 0. The van der Waals surface area contributed by atoms with Gasteiger partial charge in [0, 0.05) is 29.1 Å². The van der Waals surface area contributed by atoms with Gasteiger partial charge in [0.15, 0.2) is 0 Å². The molecule has 1 aromatic carbocycles. The van der Waals surface area contributed by atoms with Crippen molar-refractivity contribution in [1.82, 2.24) is 0 Å². The van der Waals surface area contributed by atoms with Crippen LogP contribution in [0.25, 0.3) is 0 Å². The average molecular weight is 178 g/mol. The molecule has 0 saturated heterocycles. The maximum Gasteiger partial charge on any atom is 0.312 e. The lowest BCUT2D eigenvalue weighted by atomic mass is 10.2. The normalized spacial score (nSPS) is 8.67. The fourth-order valence-corrected chi connectivity index (χ4v) is 0.696. The van der Waals surface area contributed by atoms with Crippen LogP contribution in [0.5, 0.6) is 5.75 Å². The second kappa shape index (κ2) is 4.12. The van der Waals surface area contributed by atoms with Gasteiger partial charge in [-0.3, -0.25) is 10.1 Å². The molecule has 2 radical (unpaired) electrons. The summed E-state index contributed by atoms with van der Waals surface area (Å²) < 4.78 is 0. The van der Waals surface area contributed by atoms with Crippen molar-refractivity contribution in [3.05, 3.63) is 28.3 Å². The lowest BCUT2D eigenvalue weighted by molar-refractivity contribution is -0.385. The molecule has 0 bridgehead atoms. The van der Waals surface area contributed by atoms with E-state index in [2.05, 4.69) is 0 Å². The van der Waals surface area contributed by atoms with Gasteiger partial charge in [0.05, 0.1) is 10.6 Å². The number of aromatic hydroxyl groups is 1. The number of phenolic OH excluding ortho intramolecular Hbond substituents is 1. The Morgan fingerprint density at radius 3 is 2.50 bits per heavy atom.